The maximum absolute atomic E-state index is 13.1. The van der Waals surface area contributed by atoms with Crippen molar-refractivity contribution in [3.8, 4) is 0 Å². The lowest BCUT2D eigenvalue weighted by molar-refractivity contribution is -0.140. The number of rotatable bonds is 4. The van der Waals surface area contributed by atoms with Crippen LogP contribution in [0.25, 0.3) is 16.7 Å². The van der Waals surface area contributed by atoms with Gasteiger partial charge in [-0.25, -0.2) is 9.97 Å². The van der Waals surface area contributed by atoms with Gasteiger partial charge in [0.15, 0.2) is 5.69 Å². The molecule has 7 nitrogen and oxygen atoms in total. The van der Waals surface area contributed by atoms with E-state index in [1.54, 1.807) is 24.3 Å². The fourth-order valence-corrected chi connectivity index (χ4v) is 4.63. The van der Waals surface area contributed by atoms with E-state index in [1.807, 2.05) is 30.7 Å². The molecule has 0 saturated heterocycles. The van der Waals surface area contributed by atoms with Gasteiger partial charge >= 0.3 is 6.18 Å². The average molecular weight is 470 g/mol. The van der Waals surface area contributed by atoms with Crippen molar-refractivity contribution in [1.82, 2.24) is 24.3 Å². The molecule has 0 atom stereocenters. The molecule has 1 fully saturated rings. The highest BCUT2D eigenvalue weighted by molar-refractivity contribution is 6.05. The minimum atomic E-state index is -4.49. The molecule has 178 valence electrons. The molecule has 1 aliphatic rings. The number of pyridine rings is 1. The molecular formula is C24H25F3N6O. The highest BCUT2D eigenvalue weighted by Gasteiger charge is 2.34. The zero-order valence-corrected chi connectivity index (χ0v) is 18.9. The smallest absolute Gasteiger partial charge is 0.368 e. The van der Waals surface area contributed by atoms with Crippen LogP contribution in [-0.2, 0) is 13.2 Å². The topological polar surface area (TPSA) is 76.2 Å². The summed E-state index contributed by atoms with van der Waals surface area (Å²) >= 11 is 0. The summed E-state index contributed by atoms with van der Waals surface area (Å²) in [7, 11) is 1.93. The van der Waals surface area contributed by atoms with Crippen molar-refractivity contribution in [1.29, 1.82) is 0 Å². The number of benzene rings is 1. The zero-order valence-electron chi connectivity index (χ0n) is 18.9. The van der Waals surface area contributed by atoms with Crippen LogP contribution in [0.3, 0.4) is 0 Å². The molecule has 10 heteroatoms. The van der Waals surface area contributed by atoms with Crippen LogP contribution in [0, 0.1) is 6.92 Å². The van der Waals surface area contributed by atoms with Gasteiger partial charge in [0.05, 0.1) is 11.1 Å². The number of nitrogens with one attached hydrogen (secondary N) is 2. The number of fused-ring (bicyclic) bond motifs is 2. The minimum Gasteiger partial charge on any atom is -0.368 e. The van der Waals surface area contributed by atoms with Crippen molar-refractivity contribution in [2.45, 2.75) is 50.9 Å². The summed E-state index contributed by atoms with van der Waals surface area (Å²) in [6.07, 6.45) is -0.353. The number of aryl methyl sites for hydroxylation is 2. The van der Waals surface area contributed by atoms with Crippen molar-refractivity contribution < 1.29 is 18.0 Å². The zero-order chi connectivity index (χ0) is 24.0. The second-order valence-electron chi connectivity index (χ2n) is 8.82. The molecule has 5 rings (SSSR count). The normalized spacial score (nSPS) is 19.0. The molecule has 0 unspecified atom stereocenters. The Balaban J connectivity index is 1.23. The van der Waals surface area contributed by atoms with E-state index in [4.69, 9.17) is 0 Å². The van der Waals surface area contributed by atoms with E-state index in [1.165, 1.54) is 4.40 Å². The van der Waals surface area contributed by atoms with E-state index < -0.39 is 11.9 Å². The fourth-order valence-electron chi connectivity index (χ4n) is 4.63. The summed E-state index contributed by atoms with van der Waals surface area (Å²) in [6.45, 7) is 1.91. The van der Waals surface area contributed by atoms with E-state index in [2.05, 4.69) is 20.6 Å². The largest absolute Gasteiger partial charge is 0.434 e. The maximum Gasteiger partial charge on any atom is 0.434 e. The number of imidazole rings is 2. The monoisotopic (exact) mass is 470 g/mol. The number of nitrogens with zero attached hydrogens (tertiary/aromatic N) is 4. The number of hydrogen-bond donors (Lipinski definition) is 2. The number of carbonyl (C=O) groups excluding carboxylic acids is 1. The van der Waals surface area contributed by atoms with E-state index in [0.717, 1.165) is 43.2 Å². The summed E-state index contributed by atoms with van der Waals surface area (Å²) in [6, 6.07) is 10.7. The third kappa shape index (κ3) is 4.08. The maximum atomic E-state index is 13.1. The second kappa shape index (κ2) is 8.34. The van der Waals surface area contributed by atoms with Gasteiger partial charge in [-0.15, -0.1) is 0 Å². The second-order valence-corrected chi connectivity index (χ2v) is 8.82. The van der Waals surface area contributed by atoms with Crippen LogP contribution >= 0.6 is 0 Å². The third-order valence-electron chi connectivity index (χ3n) is 6.58. The van der Waals surface area contributed by atoms with Gasteiger partial charge in [-0.3, -0.25) is 9.20 Å². The SMILES string of the molecule is Cc1nc2c(C(=O)NC3CCC(Nc4cccc5nc(C(F)(F)F)cn45)CC3)cccc2n1C. The first-order valence-corrected chi connectivity index (χ1v) is 11.3. The number of carbonyl (C=O) groups is 1. The van der Waals surface area contributed by atoms with Crippen LogP contribution in [0.4, 0.5) is 19.0 Å². The number of aromatic nitrogens is 4. The van der Waals surface area contributed by atoms with Crippen LogP contribution in [0.5, 0.6) is 0 Å². The van der Waals surface area contributed by atoms with Crippen LogP contribution in [-0.4, -0.2) is 36.9 Å². The standard InChI is InChI=1S/C24H25F3N6O/c1-14-28-22-17(5-3-6-18(22)32(14)2)23(34)30-16-11-9-15(10-12-16)29-20-7-4-8-21-31-19(13-33(20)21)24(25,26)27/h3-8,13,15-16,29H,9-12H2,1-2H3,(H,30,34). The van der Waals surface area contributed by atoms with Crippen molar-refractivity contribution in [3.63, 3.8) is 0 Å². The number of anilines is 1. The summed E-state index contributed by atoms with van der Waals surface area (Å²) in [5, 5.41) is 6.49. The molecule has 1 aromatic carbocycles. The molecule has 3 heterocycles. The van der Waals surface area contributed by atoms with Crippen molar-refractivity contribution in [2.24, 2.45) is 7.05 Å². The minimum absolute atomic E-state index is 0.0338. The Kier molecular flexibility index (Phi) is 5.45. The van der Waals surface area contributed by atoms with Crippen molar-refractivity contribution in [3.05, 3.63) is 59.7 Å². The summed E-state index contributed by atoms with van der Waals surface area (Å²) < 4.78 is 42.6. The summed E-state index contributed by atoms with van der Waals surface area (Å²) in [5.74, 6) is 1.28. The van der Waals surface area contributed by atoms with Gasteiger partial charge in [0.1, 0.15) is 22.8 Å². The first-order chi connectivity index (χ1) is 16.2. The highest BCUT2D eigenvalue weighted by Crippen LogP contribution is 2.30. The lowest BCUT2D eigenvalue weighted by atomic mass is 9.91. The Morgan fingerprint density at radius 3 is 2.47 bits per heavy atom. The van der Waals surface area contributed by atoms with E-state index in [9.17, 15) is 18.0 Å². The van der Waals surface area contributed by atoms with E-state index in [0.29, 0.717) is 16.9 Å². The summed E-state index contributed by atoms with van der Waals surface area (Å²) in [5.41, 5.74) is 1.51. The predicted molar refractivity (Wildman–Crippen MR) is 123 cm³/mol. The van der Waals surface area contributed by atoms with Gasteiger partial charge in [-0.1, -0.05) is 12.1 Å². The number of alkyl halides is 3. The molecule has 34 heavy (non-hydrogen) atoms. The lowest BCUT2D eigenvalue weighted by Gasteiger charge is -2.30. The van der Waals surface area contributed by atoms with Crippen LogP contribution in [0.15, 0.2) is 42.6 Å². The number of amides is 1. The molecule has 4 aromatic rings. The summed E-state index contributed by atoms with van der Waals surface area (Å²) in [4.78, 5) is 21.2. The Morgan fingerprint density at radius 1 is 1.03 bits per heavy atom. The van der Waals surface area contributed by atoms with E-state index >= 15 is 0 Å². The van der Waals surface area contributed by atoms with Gasteiger partial charge in [-0.2, -0.15) is 13.2 Å². The molecule has 0 spiro atoms. The Hall–Kier alpha value is -3.56. The molecule has 0 aliphatic heterocycles. The number of hydrogen-bond acceptors (Lipinski definition) is 4. The molecule has 2 N–H and O–H groups in total. The third-order valence-corrected chi connectivity index (χ3v) is 6.58. The number of halogens is 3. The lowest BCUT2D eigenvalue weighted by Crippen LogP contribution is -2.40. The number of para-hydroxylation sites is 1. The Labute approximate surface area is 194 Å². The molecular weight excluding hydrogens is 445 g/mol. The molecule has 3 aromatic heterocycles. The average Bonchev–Trinajstić information content (AvgIpc) is 3.37. The van der Waals surface area contributed by atoms with Gasteiger partial charge in [-0.05, 0) is 56.9 Å². The quantitative estimate of drug-likeness (QED) is 0.453. The Bertz CT molecular complexity index is 1360. The first-order valence-electron chi connectivity index (χ1n) is 11.3. The fraction of sp³-hybridized carbons (Fsp3) is 0.375. The van der Waals surface area contributed by atoms with Crippen molar-refractivity contribution >= 4 is 28.4 Å². The molecule has 1 amide bonds. The van der Waals surface area contributed by atoms with E-state index in [-0.39, 0.29) is 23.6 Å². The van der Waals surface area contributed by atoms with Crippen molar-refractivity contribution in [2.75, 3.05) is 5.32 Å². The van der Waals surface area contributed by atoms with Crippen LogP contribution < -0.4 is 10.6 Å². The molecule has 1 aliphatic carbocycles. The predicted octanol–water partition coefficient (Wildman–Crippen LogP) is 4.70. The molecule has 0 bridgehead atoms. The van der Waals surface area contributed by atoms with Gasteiger partial charge < -0.3 is 15.2 Å². The van der Waals surface area contributed by atoms with Gasteiger partial charge in [0.2, 0.25) is 0 Å². The molecule has 0 radical (unpaired) electrons. The Morgan fingerprint density at radius 2 is 1.74 bits per heavy atom. The first kappa shape index (κ1) is 22.2. The van der Waals surface area contributed by atoms with Gasteiger partial charge in [0, 0.05) is 25.3 Å². The molecule has 1 saturated carbocycles. The van der Waals surface area contributed by atoms with Crippen LogP contribution in [0.2, 0.25) is 0 Å². The van der Waals surface area contributed by atoms with Crippen LogP contribution in [0.1, 0.15) is 47.6 Å². The van der Waals surface area contributed by atoms with Gasteiger partial charge in [0.25, 0.3) is 5.91 Å². The highest BCUT2D eigenvalue weighted by atomic mass is 19.4.